The number of ether oxygens (including phenoxy) is 1. The zero-order valence-corrected chi connectivity index (χ0v) is 15.6. The molecule has 1 fully saturated rings. The van der Waals surface area contributed by atoms with Crippen molar-refractivity contribution in [1.82, 2.24) is 14.5 Å². The summed E-state index contributed by atoms with van der Waals surface area (Å²) >= 11 is 0. The summed E-state index contributed by atoms with van der Waals surface area (Å²) in [6, 6.07) is 7.27. The number of aryl methyl sites for hydroxylation is 2. The predicted molar refractivity (Wildman–Crippen MR) is 99.5 cm³/mol. The summed E-state index contributed by atoms with van der Waals surface area (Å²) in [6.45, 7) is 4.99. The SMILES string of the molecule is CNc1cc(C)nc(C2CN(C(=O)c3ccc(C)n(C)c3=O)CCO2)c1. The molecule has 0 saturated carbocycles. The Bertz CT molecular complexity index is 891. The third kappa shape index (κ3) is 3.48. The Balaban J connectivity index is 1.85. The average molecular weight is 356 g/mol. The zero-order chi connectivity index (χ0) is 18.8. The molecule has 0 aliphatic carbocycles. The van der Waals surface area contributed by atoms with Gasteiger partial charge in [0.1, 0.15) is 11.7 Å². The molecular formula is C19H24N4O3. The second kappa shape index (κ2) is 7.29. The number of rotatable bonds is 3. The van der Waals surface area contributed by atoms with Crippen molar-refractivity contribution in [1.29, 1.82) is 0 Å². The third-order valence-corrected chi connectivity index (χ3v) is 4.73. The second-order valence-corrected chi connectivity index (χ2v) is 6.54. The van der Waals surface area contributed by atoms with Gasteiger partial charge in [-0.2, -0.15) is 0 Å². The van der Waals surface area contributed by atoms with Crippen LogP contribution >= 0.6 is 0 Å². The fourth-order valence-electron chi connectivity index (χ4n) is 3.08. The Labute approximate surface area is 152 Å². The highest BCUT2D eigenvalue weighted by molar-refractivity contribution is 5.94. The van der Waals surface area contributed by atoms with Crippen LogP contribution in [0, 0.1) is 13.8 Å². The maximum Gasteiger partial charge on any atom is 0.263 e. The smallest absolute Gasteiger partial charge is 0.263 e. The molecule has 1 atom stereocenters. The van der Waals surface area contributed by atoms with E-state index in [0.717, 1.165) is 22.8 Å². The first-order valence-corrected chi connectivity index (χ1v) is 8.64. The van der Waals surface area contributed by atoms with E-state index in [4.69, 9.17) is 4.74 Å². The lowest BCUT2D eigenvalue weighted by molar-refractivity contribution is -0.0248. The molecule has 0 spiro atoms. The molecule has 3 rings (SSSR count). The highest BCUT2D eigenvalue weighted by Gasteiger charge is 2.28. The van der Waals surface area contributed by atoms with Gasteiger partial charge in [-0.3, -0.25) is 14.6 Å². The van der Waals surface area contributed by atoms with Crippen LogP contribution in [0.5, 0.6) is 0 Å². The van der Waals surface area contributed by atoms with Crippen LogP contribution in [-0.4, -0.2) is 47.1 Å². The van der Waals surface area contributed by atoms with E-state index in [1.807, 2.05) is 33.0 Å². The summed E-state index contributed by atoms with van der Waals surface area (Å²) in [6.07, 6.45) is -0.311. The molecule has 7 heteroatoms. The van der Waals surface area contributed by atoms with E-state index >= 15 is 0 Å². The van der Waals surface area contributed by atoms with Gasteiger partial charge >= 0.3 is 0 Å². The maximum absolute atomic E-state index is 12.9. The second-order valence-electron chi connectivity index (χ2n) is 6.54. The van der Waals surface area contributed by atoms with E-state index in [1.54, 1.807) is 24.1 Å². The molecule has 2 aromatic rings. The number of nitrogens with one attached hydrogen (secondary N) is 1. The van der Waals surface area contributed by atoms with E-state index < -0.39 is 0 Å². The van der Waals surface area contributed by atoms with Crippen molar-refractivity contribution in [3.63, 3.8) is 0 Å². The first-order valence-electron chi connectivity index (χ1n) is 8.64. The van der Waals surface area contributed by atoms with E-state index in [1.165, 1.54) is 4.57 Å². The van der Waals surface area contributed by atoms with Crippen LogP contribution in [0.1, 0.15) is 33.5 Å². The molecule has 1 amide bonds. The summed E-state index contributed by atoms with van der Waals surface area (Å²) < 4.78 is 7.33. The molecule has 1 N–H and O–H groups in total. The Morgan fingerprint density at radius 3 is 2.81 bits per heavy atom. The van der Waals surface area contributed by atoms with Crippen molar-refractivity contribution < 1.29 is 9.53 Å². The minimum absolute atomic E-state index is 0.187. The predicted octanol–water partition coefficient (Wildman–Crippen LogP) is 1.65. The van der Waals surface area contributed by atoms with Crippen LogP contribution in [0.15, 0.2) is 29.1 Å². The Morgan fingerprint density at radius 1 is 1.31 bits per heavy atom. The molecule has 0 bridgehead atoms. The molecule has 3 heterocycles. The number of hydrogen-bond donors (Lipinski definition) is 1. The van der Waals surface area contributed by atoms with Gasteiger partial charge < -0.3 is 19.5 Å². The first kappa shape index (κ1) is 18.1. The van der Waals surface area contributed by atoms with Crippen molar-refractivity contribution in [3.8, 4) is 0 Å². The monoisotopic (exact) mass is 356 g/mol. The minimum Gasteiger partial charge on any atom is -0.388 e. The van der Waals surface area contributed by atoms with Gasteiger partial charge in [-0.25, -0.2) is 0 Å². The number of pyridine rings is 2. The number of anilines is 1. The van der Waals surface area contributed by atoms with Crippen molar-refractivity contribution in [2.45, 2.75) is 20.0 Å². The average Bonchev–Trinajstić information content (AvgIpc) is 2.65. The molecule has 1 unspecified atom stereocenters. The molecule has 138 valence electrons. The standard InChI is InChI=1S/C19H24N4O3/c1-12-9-14(20-3)10-16(21-12)17-11-23(7-8-26-17)19(25)15-6-5-13(2)22(4)18(15)24/h5-6,9-10,17H,7-8,11H2,1-4H3,(H,20,21). The number of amides is 1. The summed E-state index contributed by atoms with van der Waals surface area (Å²) in [5, 5.41) is 3.11. The van der Waals surface area contributed by atoms with Crippen molar-refractivity contribution >= 4 is 11.6 Å². The van der Waals surface area contributed by atoms with Crippen LogP contribution in [0.3, 0.4) is 0 Å². The van der Waals surface area contributed by atoms with Gasteiger partial charge in [-0.05, 0) is 38.1 Å². The molecule has 7 nitrogen and oxygen atoms in total. The molecular weight excluding hydrogens is 332 g/mol. The molecule has 0 aromatic carbocycles. The lowest BCUT2D eigenvalue weighted by Gasteiger charge is -2.33. The minimum atomic E-state index is -0.311. The maximum atomic E-state index is 12.9. The van der Waals surface area contributed by atoms with Crippen LogP contribution in [0.25, 0.3) is 0 Å². The first-order chi connectivity index (χ1) is 12.4. The largest absolute Gasteiger partial charge is 0.388 e. The molecule has 1 aliphatic rings. The van der Waals surface area contributed by atoms with Gasteiger partial charge in [0.15, 0.2) is 0 Å². The van der Waals surface area contributed by atoms with E-state index in [0.29, 0.717) is 19.7 Å². The van der Waals surface area contributed by atoms with Gasteiger partial charge in [0, 0.05) is 37.7 Å². The Kier molecular flexibility index (Phi) is 5.08. The number of nitrogens with zero attached hydrogens (tertiary/aromatic N) is 3. The molecule has 0 radical (unpaired) electrons. The summed E-state index contributed by atoms with van der Waals surface area (Å²) in [5.74, 6) is -0.264. The lowest BCUT2D eigenvalue weighted by atomic mass is 10.1. The van der Waals surface area contributed by atoms with Crippen molar-refractivity contribution in [2.24, 2.45) is 7.05 Å². The van der Waals surface area contributed by atoms with Gasteiger partial charge in [-0.15, -0.1) is 0 Å². The summed E-state index contributed by atoms with van der Waals surface area (Å²) in [7, 11) is 3.52. The highest BCUT2D eigenvalue weighted by Crippen LogP contribution is 2.24. The van der Waals surface area contributed by atoms with Crippen LogP contribution < -0.4 is 10.9 Å². The van der Waals surface area contributed by atoms with Crippen molar-refractivity contribution in [3.05, 3.63) is 57.3 Å². The number of carbonyl (C=O) groups excluding carboxylic acids is 1. The third-order valence-electron chi connectivity index (χ3n) is 4.73. The fourth-order valence-corrected chi connectivity index (χ4v) is 3.08. The highest BCUT2D eigenvalue weighted by atomic mass is 16.5. The van der Waals surface area contributed by atoms with Crippen LogP contribution in [-0.2, 0) is 11.8 Å². The summed E-state index contributed by atoms with van der Waals surface area (Å²) in [5.41, 5.74) is 3.34. The quantitative estimate of drug-likeness (QED) is 0.905. The number of carbonyl (C=O) groups is 1. The van der Waals surface area contributed by atoms with Gasteiger partial charge in [0.25, 0.3) is 11.5 Å². The molecule has 26 heavy (non-hydrogen) atoms. The number of morpholine rings is 1. The van der Waals surface area contributed by atoms with E-state index in [-0.39, 0.29) is 23.1 Å². The van der Waals surface area contributed by atoms with Crippen molar-refractivity contribution in [2.75, 3.05) is 32.1 Å². The Hall–Kier alpha value is -2.67. The van der Waals surface area contributed by atoms with Gasteiger partial charge in [-0.1, -0.05) is 0 Å². The lowest BCUT2D eigenvalue weighted by Crippen LogP contribution is -2.44. The van der Waals surface area contributed by atoms with E-state index in [9.17, 15) is 9.59 Å². The van der Waals surface area contributed by atoms with Crippen LogP contribution in [0.2, 0.25) is 0 Å². The number of aromatic nitrogens is 2. The topological polar surface area (TPSA) is 76.5 Å². The zero-order valence-electron chi connectivity index (χ0n) is 15.6. The van der Waals surface area contributed by atoms with E-state index in [2.05, 4.69) is 10.3 Å². The fraction of sp³-hybridized carbons (Fsp3) is 0.421. The summed E-state index contributed by atoms with van der Waals surface area (Å²) in [4.78, 5) is 31.5. The molecule has 1 saturated heterocycles. The van der Waals surface area contributed by atoms with Crippen LogP contribution in [0.4, 0.5) is 5.69 Å². The normalized spacial score (nSPS) is 17.2. The molecule has 1 aliphatic heterocycles. The van der Waals surface area contributed by atoms with Gasteiger partial charge in [0.05, 0.1) is 18.8 Å². The van der Waals surface area contributed by atoms with Gasteiger partial charge in [0.2, 0.25) is 0 Å². The Morgan fingerprint density at radius 2 is 2.08 bits per heavy atom. The molecule has 2 aromatic heterocycles. The number of hydrogen-bond acceptors (Lipinski definition) is 5.